The Hall–Kier alpha value is -1.90. The number of sulfone groups is 2. The van der Waals surface area contributed by atoms with Crippen LogP contribution < -0.4 is 5.32 Å². The molecule has 2 aromatic rings. The highest BCUT2D eigenvalue weighted by Gasteiger charge is 2.20. The lowest BCUT2D eigenvalue weighted by Crippen LogP contribution is -2.37. The number of hydrogen-bond donors (Lipinski definition) is 1. The van der Waals surface area contributed by atoms with Crippen molar-refractivity contribution in [2.75, 3.05) is 24.4 Å². The second-order valence-corrected chi connectivity index (χ2v) is 12.1. The molecule has 1 saturated heterocycles. The summed E-state index contributed by atoms with van der Waals surface area (Å²) in [5, 5.41) is 3.21. The number of nitrogens with zero attached hydrogens (tertiary/aromatic N) is 1. The molecule has 8 heteroatoms. The maximum Gasteiger partial charge on any atom is 0.177 e. The van der Waals surface area contributed by atoms with Crippen LogP contribution in [0.5, 0.6) is 0 Å². The van der Waals surface area contributed by atoms with Gasteiger partial charge in [0.25, 0.3) is 0 Å². The van der Waals surface area contributed by atoms with E-state index in [-0.39, 0.29) is 9.79 Å². The first-order valence-corrected chi connectivity index (χ1v) is 13.9. The van der Waals surface area contributed by atoms with Crippen LogP contribution in [0.2, 0.25) is 0 Å². The molecule has 0 spiro atoms. The molecule has 2 aromatic carbocycles. The van der Waals surface area contributed by atoms with Crippen LogP contribution in [0.15, 0.2) is 52.3 Å². The molecule has 1 N–H and O–H groups in total. The van der Waals surface area contributed by atoms with Crippen LogP contribution in [0.3, 0.4) is 0 Å². The van der Waals surface area contributed by atoms with Gasteiger partial charge in [0.15, 0.2) is 19.7 Å². The molecule has 0 aliphatic carbocycles. The minimum atomic E-state index is -3.60. The van der Waals surface area contributed by atoms with E-state index in [4.69, 9.17) is 0 Å². The number of rotatable bonds is 7. The summed E-state index contributed by atoms with van der Waals surface area (Å²) in [6.45, 7) is 4.68. The molecule has 30 heavy (non-hydrogen) atoms. The molecule has 1 heterocycles. The van der Waals surface area contributed by atoms with Crippen molar-refractivity contribution in [1.29, 1.82) is 0 Å². The first-order chi connectivity index (χ1) is 14.1. The molecule has 0 amide bonds. The van der Waals surface area contributed by atoms with Gasteiger partial charge in [0.1, 0.15) is 0 Å². The number of nitrogens with one attached hydrogen (secondary N) is 1. The fraction of sp³-hybridized carbons (Fsp3) is 0.455. The fourth-order valence-corrected chi connectivity index (χ4v) is 5.47. The van der Waals surface area contributed by atoms with Crippen molar-refractivity contribution < 1.29 is 16.8 Å². The van der Waals surface area contributed by atoms with E-state index in [0.29, 0.717) is 18.3 Å². The van der Waals surface area contributed by atoms with Gasteiger partial charge in [0, 0.05) is 31.6 Å². The summed E-state index contributed by atoms with van der Waals surface area (Å²) >= 11 is 0. The summed E-state index contributed by atoms with van der Waals surface area (Å²) in [5.41, 5.74) is 2.72. The van der Waals surface area contributed by atoms with Gasteiger partial charge in [-0.1, -0.05) is 30.7 Å². The summed E-state index contributed by atoms with van der Waals surface area (Å²) in [6, 6.07) is 12.9. The molecule has 1 aliphatic rings. The van der Waals surface area contributed by atoms with E-state index in [1.54, 1.807) is 0 Å². The summed E-state index contributed by atoms with van der Waals surface area (Å²) in [6.07, 6.45) is 5.86. The Balaban J connectivity index is 1.84. The molecular weight excluding hydrogens is 420 g/mol. The van der Waals surface area contributed by atoms with Crippen LogP contribution in [-0.4, -0.2) is 46.8 Å². The van der Waals surface area contributed by atoms with E-state index >= 15 is 0 Å². The molecule has 0 radical (unpaired) electrons. The smallest absolute Gasteiger partial charge is 0.177 e. The zero-order valence-corrected chi connectivity index (χ0v) is 19.4. The molecule has 1 aliphatic heterocycles. The fourth-order valence-electron chi connectivity index (χ4n) is 3.87. The lowest BCUT2D eigenvalue weighted by atomic mass is 10.0. The molecule has 164 valence electrons. The maximum absolute atomic E-state index is 12.3. The molecule has 3 rings (SSSR count). The molecule has 1 unspecified atom stereocenters. The van der Waals surface area contributed by atoms with Gasteiger partial charge in [0.2, 0.25) is 0 Å². The lowest BCUT2D eigenvalue weighted by Gasteiger charge is -2.33. The number of hydrogen-bond acceptors (Lipinski definition) is 6. The van der Waals surface area contributed by atoms with E-state index < -0.39 is 19.7 Å². The highest BCUT2D eigenvalue weighted by atomic mass is 32.2. The normalized spacial score (nSPS) is 18.3. The van der Waals surface area contributed by atoms with E-state index in [1.165, 1.54) is 43.0 Å². The van der Waals surface area contributed by atoms with Gasteiger partial charge >= 0.3 is 0 Å². The number of piperidine rings is 1. The SMILES string of the molecule is CC1CCCCN1Cc1ccccc1CNc1ccc(S(C)(=O)=O)cc1S(C)(=O)=O. The van der Waals surface area contributed by atoms with Crippen molar-refractivity contribution in [3.8, 4) is 0 Å². The molecule has 0 aromatic heterocycles. The largest absolute Gasteiger partial charge is 0.380 e. The first kappa shape index (κ1) is 22.8. The van der Waals surface area contributed by atoms with Crippen molar-refractivity contribution >= 4 is 25.4 Å². The van der Waals surface area contributed by atoms with Crippen molar-refractivity contribution in [2.24, 2.45) is 0 Å². The molecule has 0 saturated carbocycles. The van der Waals surface area contributed by atoms with Crippen LogP contribution in [0.1, 0.15) is 37.3 Å². The zero-order chi connectivity index (χ0) is 21.9. The van der Waals surface area contributed by atoms with Crippen LogP contribution >= 0.6 is 0 Å². The van der Waals surface area contributed by atoms with Crippen molar-refractivity contribution in [3.05, 3.63) is 53.6 Å². The quantitative estimate of drug-likeness (QED) is 0.695. The summed E-state index contributed by atoms with van der Waals surface area (Å²) in [4.78, 5) is 2.48. The van der Waals surface area contributed by atoms with Gasteiger partial charge in [-0.05, 0) is 55.6 Å². The molecule has 1 atom stereocenters. The van der Waals surface area contributed by atoms with Gasteiger partial charge in [0.05, 0.1) is 15.5 Å². The third-order valence-electron chi connectivity index (χ3n) is 5.68. The monoisotopic (exact) mass is 450 g/mol. The van der Waals surface area contributed by atoms with E-state index in [2.05, 4.69) is 23.2 Å². The van der Waals surface area contributed by atoms with Gasteiger partial charge in [-0.25, -0.2) is 16.8 Å². The third kappa shape index (κ3) is 5.62. The Morgan fingerprint density at radius 2 is 1.67 bits per heavy atom. The highest BCUT2D eigenvalue weighted by Crippen LogP contribution is 2.27. The Labute approximate surface area is 180 Å². The standard InChI is InChI=1S/C22H30N2O4S2/c1-17-8-6-7-13-24(17)16-19-10-5-4-9-18(19)15-23-21-12-11-20(29(2,25)26)14-22(21)30(3,27)28/h4-5,9-12,14,17,23H,6-8,13,15-16H2,1-3H3. The average molecular weight is 451 g/mol. The number of likely N-dealkylation sites (tertiary alicyclic amines) is 1. The second kappa shape index (κ2) is 9.08. The van der Waals surface area contributed by atoms with Gasteiger partial charge < -0.3 is 5.32 Å². The molecule has 6 nitrogen and oxygen atoms in total. The van der Waals surface area contributed by atoms with E-state index in [9.17, 15) is 16.8 Å². The van der Waals surface area contributed by atoms with Crippen LogP contribution in [-0.2, 0) is 32.8 Å². The zero-order valence-electron chi connectivity index (χ0n) is 17.8. The van der Waals surface area contributed by atoms with E-state index in [1.807, 2.05) is 18.2 Å². The highest BCUT2D eigenvalue weighted by molar-refractivity contribution is 7.91. The van der Waals surface area contributed by atoms with Gasteiger partial charge in [-0.2, -0.15) is 0 Å². The number of anilines is 1. The minimum Gasteiger partial charge on any atom is -0.380 e. The maximum atomic E-state index is 12.3. The number of benzene rings is 2. The predicted octanol–water partition coefficient (Wildman–Crippen LogP) is 3.48. The molecule has 1 fully saturated rings. The predicted molar refractivity (Wildman–Crippen MR) is 120 cm³/mol. The van der Waals surface area contributed by atoms with E-state index in [0.717, 1.165) is 31.2 Å². The van der Waals surface area contributed by atoms with Crippen LogP contribution in [0.4, 0.5) is 5.69 Å². The van der Waals surface area contributed by atoms with Crippen molar-refractivity contribution in [1.82, 2.24) is 4.90 Å². The summed E-state index contributed by atoms with van der Waals surface area (Å²) in [7, 11) is -7.09. The Bertz CT molecular complexity index is 1110. The van der Waals surface area contributed by atoms with Gasteiger partial charge in [-0.15, -0.1) is 0 Å². The Kier molecular flexibility index (Phi) is 6.89. The van der Waals surface area contributed by atoms with Gasteiger partial charge in [-0.3, -0.25) is 4.90 Å². The Morgan fingerprint density at radius 3 is 2.30 bits per heavy atom. The summed E-state index contributed by atoms with van der Waals surface area (Å²) in [5.74, 6) is 0. The van der Waals surface area contributed by atoms with Crippen molar-refractivity contribution in [2.45, 2.75) is 55.1 Å². The molecule has 0 bridgehead atoms. The van der Waals surface area contributed by atoms with Crippen LogP contribution in [0.25, 0.3) is 0 Å². The lowest BCUT2D eigenvalue weighted by molar-refractivity contribution is 0.152. The van der Waals surface area contributed by atoms with Crippen molar-refractivity contribution in [3.63, 3.8) is 0 Å². The third-order valence-corrected chi connectivity index (χ3v) is 7.93. The van der Waals surface area contributed by atoms with Crippen LogP contribution in [0, 0.1) is 0 Å². The Morgan fingerprint density at radius 1 is 0.967 bits per heavy atom. The minimum absolute atomic E-state index is 0.00652. The average Bonchev–Trinajstić information content (AvgIpc) is 2.67. The first-order valence-electron chi connectivity index (χ1n) is 10.1. The topological polar surface area (TPSA) is 83.6 Å². The molecular formula is C22H30N2O4S2. The summed E-state index contributed by atoms with van der Waals surface area (Å²) < 4.78 is 48.2. The second-order valence-electron chi connectivity index (χ2n) is 8.14.